The van der Waals surface area contributed by atoms with E-state index in [1.165, 1.54) is 12.1 Å². The molecule has 0 aliphatic carbocycles. The number of nitrogens with one attached hydrogen (secondary N) is 1. The van der Waals surface area contributed by atoms with Crippen molar-refractivity contribution < 1.29 is 13.0 Å². The maximum absolute atomic E-state index is 10.8. The summed E-state index contributed by atoms with van der Waals surface area (Å²) in [5.41, 5.74) is 5.54. The van der Waals surface area contributed by atoms with E-state index in [-0.39, 0.29) is 16.3 Å². The van der Waals surface area contributed by atoms with Crippen LogP contribution in [0.4, 0.5) is 5.69 Å². The van der Waals surface area contributed by atoms with Crippen molar-refractivity contribution >= 4 is 15.8 Å². The summed E-state index contributed by atoms with van der Waals surface area (Å²) in [6.07, 6.45) is 0. The first kappa shape index (κ1) is 13.5. The Morgan fingerprint density at radius 2 is 1.72 bits per heavy atom. The van der Waals surface area contributed by atoms with Gasteiger partial charge < -0.3 is 11.1 Å². The van der Waals surface area contributed by atoms with E-state index in [0.717, 1.165) is 12.1 Å². The Labute approximate surface area is 104 Å². The quantitative estimate of drug-likeness (QED) is 0.535. The molecule has 8 heteroatoms. The molecule has 0 atom stereocenters. The van der Waals surface area contributed by atoms with Crippen LogP contribution in [-0.2, 0) is 10.1 Å². The van der Waals surface area contributed by atoms with Crippen LogP contribution < -0.4 is 11.1 Å². The van der Waals surface area contributed by atoms with Gasteiger partial charge in [-0.1, -0.05) is 0 Å². The number of rotatable bonds is 3. The first-order valence-electron chi connectivity index (χ1n) is 4.53. The summed E-state index contributed by atoms with van der Waals surface area (Å²) in [5.74, 6) is -0.139. The van der Waals surface area contributed by atoms with Gasteiger partial charge in [0.2, 0.25) is 0 Å². The lowest BCUT2D eigenvalue weighted by Crippen LogP contribution is -2.11. The summed E-state index contributed by atoms with van der Waals surface area (Å²) in [7, 11) is -4.25. The normalized spacial score (nSPS) is 9.94. The molecule has 0 bridgehead atoms. The Morgan fingerprint density at radius 1 is 1.22 bits per heavy atom. The van der Waals surface area contributed by atoms with Crippen molar-refractivity contribution in [2.75, 3.05) is 5.32 Å². The van der Waals surface area contributed by atoms with Crippen LogP contribution in [0.2, 0.25) is 0 Å². The summed E-state index contributed by atoms with van der Waals surface area (Å²) in [4.78, 5) is -0.267. The second-order valence-corrected chi connectivity index (χ2v) is 4.56. The van der Waals surface area contributed by atoms with Crippen molar-refractivity contribution in [2.24, 2.45) is 5.73 Å². The Balaban J connectivity index is 3.01. The van der Waals surface area contributed by atoms with Gasteiger partial charge in [-0.2, -0.15) is 18.9 Å². The molecule has 1 aromatic carbocycles. The standard InChI is InChI=1S/C10H8N4O3S/c11-5-7(6-12)10(13)14-8-1-3-9(4-2-8)18(15,16)17/h1-4,14H,13H2,(H,15,16,17). The predicted octanol–water partition coefficient (Wildman–Crippen LogP) is 0.563. The van der Waals surface area contributed by atoms with E-state index >= 15 is 0 Å². The van der Waals surface area contributed by atoms with Gasteiger partial charge in [0.15, 0.2) is 5.57 Å². The Kier molecular flexibility index (Phi) is 3.89. The molecule has 0 unspecified atom stereocenters. The molecule has 4 N–H and O–H groups in total. The van der Waals surface area contributed by atoms with E-state index in [0.29, 0.717) is 5.69 Å². The number of hydrogen-bond donors (Lipinski definition) is 3. The number of hydrogen-bond acceptors (Lipinski definition) is 6. The Morgan fingerprint density at radius 3 is 2.11 bits per heavy atom. The molecule has 1 aromatic rings. The average Bonchev–Trinajstić information content (AvgIpc) is 2.30. The van der Waals surface area contributed by atoms with Crippen LogP contribution >= 0.6 is 0 Å². The lowest BCUT2D eigenvalue weighted by atomic mass is 10.3. The number of anilines is 1. The van der Waals surface area contributed by atoms with Crippen molar-refractivity contribution in [3.05, 3.63) is 35.7 Å². The van der Waals surface area contributed by atoms with Crippen molar-refractivity contribution in [1.82, 2.24) is 0 Å². The molecule has 0 fully saturated rings. The summed E-state index contributed by atoms with van der Waals surface area (Å²) >= 11 is 0. The SMILES string of the molecule is N#CC(C#N)=C(N)Nc1ccc(S(=O)(=O)O)cc1. The van der Waals surface area contributed by atoms with E-state index in [1.54, 1.807) is 12.1 Å². The number of benzene rings is 1. The molecule has 92 valence electrons. The van der Waals surface area contributed by atoms with Gasteiger partial charge >= 0.3 is 0 Å². The van der Waals surface area contributed by atoms with Crippen LogP contribution in [0.3, 0.4) is 0 Å². The molecular weight excluding hydrogens is 256 g/mol. The van der Waals surface area contributed by atoms with Crippen LogP contribution in [0.5, 0.6) is 0 Å². The van der Waals surface area contributed by atoms with Crippen molar-refractivity contribution in [3.8, 4) is 12.1 Å². The van der Waals surface area contributed by atoms with Gasteiger partial charge in [0.25, 0.3) is 10.1 Å². The highest BCUT2D eigenvalue weighted by Crippen LogP contribution is 2.14. The maximum atomic E-state index is 10.8. The van der Waals surface area contributed by atoms with E-state index in [2.05, 4.69) is 5.32 Å². The topological polar surface area (TPSA) is 140 Å². The molecule has 0 radical (unpaired) electrons. The Hall–Kier alpha value is -2.55. The van der Waals surface area contributed by atoms with Gasteiger partial charge in [-0.05, 0) is 24.3 Å². The number of nitrogens with zero attached hydrogens (tertiary/aromatic N) is 2. The average molecular weight is 264 g/mol. The van der Waals surface area contributed by atoms with E-state index in [4.69, 9.17) is 20.8 Å². The summed E-state index contributed by atoms with van der Waals surface area (Å²) < 4.78 is 30.3. The van der Waals surface area contributed by atoms with Crippen molar-refractivity contribution in [2.45, 2.75) is 4.90 Å². The smallest absolute Gasteiger partial charge is 0.294 e. The minimum atomic E-state index is -4.25. The third kappa shape index (κ3) is 3.22. The highest BCUT2D eigenvalue weighted by molar-refractivity contribution is 7.85. The molecule has 0 aromatic heterocycles. The highest BCUT2D eigenvalue weighted by atomic mass is 32.2. The van der Waals surface area contributed by atoms with Gasteiger partial charge in [0, 0.05) is 5.69 Å². The maximum Gasteiger partial charge on any atom is 0.294 e. The molecule has 1 rings (SSSR count). The molecule has 0 saturated carbocycles. The zero-order valence-corrected chi connectivity index (χ0v) is 9.77. The number of allylic oxidation sites excluding steroid dienone is 1. The second-order valence-electron chi connectivity index (χ2n) is 3.14. The van der Waals surface area contributed by atoms with Crippen LogP contribution in [0, 0.1) is 22.7 Å². The molecule has 0 aliphatic heterocycles. The largest absolute Gasteiger partial charge is 0.384 e. The molecule has 0 amide bonds. The van der Waals surface area contributed by atoms with Gasteiger partial charge in [0.05, 0.1) is 4.90 Å². The lowest BCUT2D eigenvalue weighted by molar-refractivity contribution is 0.483. The highest BCUT2D eigenvalue weighted by Gasteiger charge is 2.09. The summed E-state index contributed by atoms with van der Waals surface area (Å²) in [5, 5.41) is 19.7. The third-order valence-electron chi connectivity index (χ3n) is 1.92. The predicted molar refractivity (Wildman–Crippen MR) is 62.3 cm³/mol. The molecule has 0 spiro atoms. The van der Waals surface area contributed by atoms with Crippen LogP contribution in [0.1, 0.15) is 0 Å². The van der Waals surface area contributed by atoms with Crippen LogP contribution in [-0.4, -0.2) is 13.0 Å². The van der Waals surface area contributed by atoms with Crippen LogP contribution in [0.15, 0.2) is 40.6 Å². The second kappa shape index (κ2) is 5.19. The first-order chi connectivity index (χ1) is 8.38. The summed E-state index contributed by atoms with van der Waals surface area (Å²) in [6, 6.07) is 8.19. The molecule has 0 saturated heterocycles. The summed E-state index contributed by atoms with van der Waals surface area (Å²) in [6.45, 7) is 0. The van der Waals surface area contributed by atoms with E-state index < -0.39 is 10.1 Å². The molecule has 0 heterocycles. The van der Waals surface area contributed by atoms with Crippen molar-refractivity contribution in [3.63, 3.8) is 0 Å². The van der Waals surface area contributed by atoms with Gasteiger partial charge in [-0.25, -0.2) is 0 Å². The first-order valence-corrected chi connectivity index (χ1v) is 5.97. The minimum absolute atomic E-state index is 0.139. The molecule has 0 aliphatic rings. The van der Waals surface area contributed by atoms with E-state index in [1.807, 2.05) is 0 Å². The minimum Gasteiger partial charge on any atom is -0.384 e. The van der Waals surface area contributed by atoms with Gasteiger partial charge in [-0.3, -0.25) is 4.55 Å². The monoisotopic (exact) mass is 264 g/mol. The van der Waals surface area contributed by atoms with Crippen molar-refractivity contribution in [1.29, 1.82) is 10.5 Å². The fourth-order valence-electron chi connectivity index (χ4n) is 1.07. The molecule has 18 heavy (non-hydrogen) atoms. The lowest BCUT2D eigenvalue weighted by Gasteiger charge is -2.06. The zero-order valence-electron chi connectivity index (χ0n) is 8.95. The fourth-order valence-corrected chi connectivity index (χ4v) is 1.55. The Bertz CT molecular complexity index is 647. The third-order valence-corrected chi connectivity index (χ3v) is 2.79. The number of nitrogens with two attached hydrogens (primary N) is 1. The zero-order chi connectivity index (χ0) is 13.8. The molecule has 7 nitrogen and oxygen atoms in total. The van der Waals surface area contributed by atoms with E-state index in [9.17, 15) is 8.42 Å². The molecular formula is C10H8N4O3S. The fraction of sp³-hybridized carbons (Fsp3) is 0. The van der Waals surface area contributed by atoms with Gasteiger partial charge in [0.1, 0.15) is 18.0 Å². The van der Waals surface area contributed by atoms with Crippen LogP contribution in [0.25, 0.3) is 0 Å². The number of nitriles is 2. The van der Waals surface area contributed by atoms with Gasteiger partial charge in [-0.15, -0.1) is 0 Å².